The van der Waals surface area contributed by atoms with Crippen LogP contribution in [0.1, 0.15) is 0 Å². The molecule has 0 N–H and O–H groups in total. The molecule has 53 heavy (non-hydrogen) atoms. The van der Waals surface area contributed by atoms with Gasteiger partial charge in [0.1, 0.15) is 0 Å². The van der Waals surface area contributed by atoms with Gasteiger partial charge >= 0.3 is 0 Å². The molecule has 2 nitrogen and oxygen atoms in total. The molecule has 0 aliphatic heterocycles. The van der Waals surface area contributed by atoms with Gasteiger partial charge in [0.05, 0.1) is 22.2 Å². The monoisotopic (exact) mass is 672 g/mol. The molecule has 11 aromatic rings. The molecule has 0 saturated heterocycles. The summed E-state index contributed by atoms with van der Waals surface area (Å²) in [6.45, 7) is 0. The molecule has 0 amide bonds. The molecule has 0 saturated carbocycles. The van der Waals surface area contributed by atoms with Crippen LogP contribution in [0.15, 0.2) is 194 Å². The van der Waals surface area contributed by atoms with E-state index in [1.807, 2.05) is 0 Å². The van der Waals surface area contributed by atoms with E-state index in [0.717, 1.165) is 38.8 Å². The van der Waals surface area contributed by atoms with Crippen molar-refractivity contribution in [2.75, 3.05) is 0 Å². The van der Waals surface area contributed by atoms with Crippen LogP contribution in [0.4, 0.5) is 0 Å². The van der Waals surface area contributed by atoms with Crippen molar-refractivity contribution in [2.24, 2.45) is 0 Å². The molecule has 0 atom stereocenters. The normalized spacial score (nSPS) is 11.8. The maximum atomic E-state index is 5.44. The maximum Gasteiger partial charge on any atom is 0.0788 e. The lowest BCUT2D eigenvalue weighted by Crippen LogP contribution is -1.96. The summed E-state index contributed by atoms with van der Waals surface area (Å²) >= 11 is 0. The van der Waals surface area contributed by atoms with Gasteiger partial charge in [-0.25, -0.2) is 4.98 Å². The van der Waals surface area contributed by atoms with E-state index in [9.17, 15) is 0 Å². The minimum atomic E-state index is 0.984. The minimum absolute atomic E-state index is 0.984. The molecule has 0 aliphatic rings. The molecule has 0 fully saturated rings. The lowest BCUT2D eigenvalue weighted by molar-refractivity contribution is 1.19. The van der Waals surface area contributed by atoms with Crippen molar-refractivity contribution in [3.63, 3.8) is 0 Å². The second-order valence-electron chi connectivity index (χ2n) is 14.0. The Balaban J connectivity index is 1.12. The number of nitrogens with zero attached hydrogens (tertiary/aromatic N) is 2. The Kier molecular flexibility index (Phi) is 6.59. The van der Waals surface area contributed by atoms with Gasteiger partial charge < -0.3 is 4.57 Å². The van der Waals surface area contributed by atoms with Crippen LogP contribution in [0.25, 0.3) is 104 Å². The fraction of sp³-hybridized carbons (Fsp3) is 0. The summed E-state index contributed by atoms with van der Waals surface area (Å²) in [6.07, 6.45) is 0. The van der Waals surface area contributed by atoms with Crippen molar-refractivity contribution >= 4 is 65.0 Å². The molecule has 0 radical (unpaired) electrons. The summed E-state index contributed by atoms with van der Waals surface area (Å²) < 4.78 is 2.44. The van der Waals surface area contributed by atoms with E-state index in [2.05, 4.69) is 199 Å². The molecule has 2 aromatic heterocycles. The van der Waals surface area contributed by atoms with E-state index < -0.39 is 0 Å². The summed E-state index contributed by atoms with van der Waals surface area (Å²) in [6, 6.07) is 70.4. The van der Waals surface area contributed by atoms with Crippen molar-refractivity contribution in [1.29, 1.82) is 0 Å². The molecular formula is C51H32N2. The fourth-order valence-corrected chi connectivity index (χ4v) is 8.36. The predicted molar refractivity (Wildman–Crippen MR) is 225 cm³/mol. The van der Waals surface area contributed by atoms with Gasteiger partial charge in [-0.05, 0) is 86.3 Å². The first-order chi connectivity index (χ1) is 26.3. The predicted octanol–water partition coefficient (Wildman–Crippen LogP) is 13.8. The number of fused-ring (bicyclic) bond motifs is 9. The van der Waals surface area contributed by atoms with Crippen molar-refractivity contribution in [1.82, 2.24) is 9.55 Å². The van der Waals surface area contributed by atoms with Gasteiger partial charge in [0.15, 0.2) is 0 Å². The zero-order valence-corrected chi connectivity index (χ0v) is 28.9. The lowest BCUT2D eigenvalue weighted by Gasteiger charge is -2.15. The molecule has 0 bridgehead atoms. The minimum Gasteiger partial charge on any atom is -0.309 e. The van der Waals surface area contributed by atoms with Crippen LogP contribution in [-0.4, -0.2) is 9.55 Å². The Labute approximate surface area is 306 Å². The van der Waals surface area contributed by atoms with Crippen molar-refractivity contribution in [3.05, 3.63) is 194 Å². The molecular weight excluding hydrogens is 641 g/mol. The number of pyridine rings is 1. The Bertz CT molecular complexity index is 3210. The number of hydrogen-bond acceptors (Lipinski definition) is 1. The van der Waals surface area contributed by atoms with Crippen LogP contribution in [0.3, 0.4) is 0 Å². The molecule has 11 rings (SSSR count). The Morgan fingerprint density at radius 3 is 1.60 bits per heavy atom. The third kappa shape index (κ3) is 4.77. The summed E-state index contributed by atoms with van der Waals surface area (Å²) in [4.78, 5) is 5.44. The zero-order chi connectivity index (χ0) is 34.9. The quantitative estimate of drug-likeness (QED) is 0.170. The first-order valence-electron chi connectivity index (χ1n) is 18.2. The lowest BCUT2D eigenvalue weighted by atomic mass is 9.94. The van der Waals surface area contributed by atoms with E-state index in [1.165, 1.54) is 65.4 Å². The smallest absolute Gasteiger partial charge is 0.0788 e. The molecule has 0 aliphatic carbocycles. The SMILES string of the molecule is c1ccc(-c2nc3cc(-c4ccc5cc(-c6ccc7ccccc7c6)ccc5c4)ccc3c3c2ccc2c4ccccc4n(-c4ccccc4)c23)cc1. The third-order valence-electron chi connectivity index (χ3n) is 10.9. The fourth-order valence-electron chi connectivity index (χ4n) is 8.36. The van der Waals surface area contributed by atoms with Gasteiger partial charge in [0.2, 0.25) is 0 Å². The standard InChI is InChI=1S/C51H32N2/c1-3-12-34(13-4-1)50-46-28-27-44-43-17-9-10-18-48(43)53(42-15-5-2-6-16-42)51(44)49(46)45-26-25-41(32-47(45)52-50)40-24-23-38-30-37(21-22-39(38)31-40)36-20-19-33-11-7-8-14-35(33)29-36/h1-32H. The van der Waals surface area contributed by atoms with Crippen LogP contribution >= 0.6 is 0 Å². The highest BCUT2D eigenvalue weighted by Gasteiger charge is 2.20. The topological polar surface area (TPSA) is 17.8 Å². The Morgan fingerprint density at radius 1 is 0.340 bits per heavy atom. The van der Waals surface area contributed by atoms with Gasteiger partial charge in [-0.2, -0.15) is 0 Å². The van der Waals surface area contributed by atoms with Crippen LogP contribution in [0.5, 0.6) is 0 Å². The Hall–Kier alpha value is -7.03. The number of rotatable bonds is 4. The molecule has 246 valence electrons. The zero-order valence-electron chi connectivity index (χ0n) is 28.9. The molecule has 0 spiro atoms. The van der Waals surface area contributed by atoms with Crippen LogP contribution in [0, 0.1) is 0 Å². The second kappa shape index (κ2) is 11.8. The average Bonchev–Trinajstić information content (AvgIpc) is 3.58. The number of benzene rings is 9. The van der Waals surface area contributed by atoms with Gasteiger partial charge in [0.25, 0.3) is 0 Å². The number of aromatic nitrogens is 2. The van der Waals surface area contributed by atoms with Crippen LogP contribution in [-0.2, 0) is 0 Å². The molecule has 2 heteroatoms. The van der Waals surface area contributed by atoms with E-state index >= 15 is 0 Å². The highest BCUT2D eigenvalue weighted by atomic mass is 15.0. The summed E-state index contributed by atoms with van der Waals surface area (Å²) in [7, 11) is 0. The second-order valence-corrected chi connectivity index (χ2v) is 14.0. The molecule has 9 aromatic carbocycles. The van der Waals surface area contributed by atoms with Crippen LogP contribution < -0.4 is 0 Å². The first kappa shape index (κ1) is 29.7. The van der Waals surface area contributed by atoms with Crippen molar-refractivity contribution in [2.45, 2.75) is 0 Å². The van der Waals surface area contributed by atoms with Crippen LogP contribution in [0.2, 0.25) is 0 Å². The summed E-state index contributed by atoms with van der Waals surface area (Å²) in [5.74, 6) is 0. The van der Waals surface area contributed by atoms with Gasteiger partial charge in [-0.1, -0.05) is 152 Å². The van der Waals surface area contributed by atoms with E-state index in [-0.39, 0.29) is 0 Å². The summed E-state index contributed by atoms with van der Waals surface area (Å²) in [5.41, 5.74) is 11.4. The van der Waals surface area contributed by atoms with E-state index in [0.29, 0.717) is 0 Å². The van der Waals surface area contributed by atoms with Gasteiger partial charge in [0, 0.05) is 38.2 Å². The van der Waals surface area contributed by atoms with Crippen molar-refractivity contribution < 1.29 is 0 Å². The Morgan fingerprint density at radius 2 is 0.868 bits per heavy atom. The van der Waals surface area contributed by atoms with Crippen molar-refractivity contribution in [3.8, 4) is 39.2 Å². The maximum absolute atomic E-state index is 5.44. The average molecular weight is 673 g/mol. The van der Waals surface area contributed by atoms with Gasteiger partial charge in [-0.3, -0.25) is 0 Å². The van der Waals surface area contributed by atoms with E-state index in [4.69, 9.17) is 4.98 Å². The highest BCUT2D eigenvalue weighted by Crippen LogP contribution is 2.43. The number of hydrogen-bond donors (Lipinski definition) is 0. The molecule has 2 heterocycles. The summed E-state index contributed by atoms with van der Waals surface area (Å²) in [5, 5.41) is 11.0. The molecule has 0 unspecified atom stereocenters. The van der Waals surface area contributed by atoms with E-state index in [1.54, 1.807) is 0 Å². The number of para-hydroxylation sites is 2. The largest absolute Gasteiger partial charge is 0.309 e. The third-order valence-corrected chi connectivity index (χ3v) is 10.9. The highest BCUT2D eigenvalue weighted by molar-refractivity contribution is 6.27. The van der Waals surface area contributed by atoms with Gasteiger partial charge in [-0.15, -0.1) is 0 Å². The first-order valence-corrected chi connectivity index (χ1v) is 18.2.